The van der Waals surface area contributed by atoms with E-state index in [-0.39, 0.29) is 5.84 Å². The summed E-state index contributed by atoms with van der Waals surface area (Å²) in [4.78, 5) is 2.36. The fourth-order valence-corrected chi connectivity index (χ4v) is 3.15. The molecule has 1 heterocycles. The van der Waals surface area contributed by atoms with Crippen molar-refractivity contribution >= 4 is 27.5 Å². The van der Waals surface area contributed by atoms with E-state index in [4.69, 9.17) is 11.1 Å². The summed E-state index contributed by atoms with van der Waals surface area (Å²) in [5.74, 6) is 1.73. The van der Waals surface area contributed by atoms with Gasteiger partial charge in [0.2, 0.25) is 0 Å². The average molecular weight is 324 g/mol. The van der Waals surface area contributed by atoms with Crippen LogP contribution in [0.25, 0.3) is 0 Å². The van der Waals surface area contributed by atoms with Gasteiger partial charge in [-0.3, -0.25) is 5.41 Å². The molecule has 0 atom stereocenters. The lowest BCUT2D eigenvalue weighted by Gasteiger charge is -2.36. The van der Waals surface area contributed by atoms with Crippen molar-refractivity contribution in [2.75, 3.05) is 18.0 Å². The molecule has 104 valence electrons. The van der Waals surface area contributed by atoms with Crippen LogP contribution in [0.5, 0.6) is 0 Å². The Balaban J connectivity index is 2.19. The summed E-state index contributed by atoms with van der Waals surface area (Å²) in [6.45, 7) is 6.72. The van der Waals surface area contributed by atoms with Gasteiger partial charge in [-0.15, -0.1) is 0 Å². The highest BCUT2D eigenvalue weighted by atomic mass is 79.9. The third kappa shape index (κ3) is 3.30. The van der Waals surface area contributed by atoms with Crippen LogP contribution in [0.15, 0.2) is 22.7 Å². The van der Waals surface area contributed by atoms with Gasteiger partial charge in [0.25, 0.3) is 0 Å². The van der Waals surface area contributed by atoms with Gasteiger partial charge in [0.1, 0.15) is 5.84 Å². The van der Waals surface area contributed by atoms with Crippen LogP contribution in [0.2, 0.25) is 0 Å². The molecular weight excluding hydrogens is 302 g/mol. The number of benzene rings is 1. The number of rotatable bonds is 3. The van der Waals surface area contributed by atoms with Crippen molar-refractivity contribution in [3.8, 4) is 0 Å². The minimum atomic E-state index is 0.147. The number of nitrogens with zero attached hydrogens (tertiary/aromatic N) is 1. The molecule has 2 rings (SSSR count). The van der Waals surface area contributed by atoms with Crippen LogP contribution < -0.4 is 10.6 Å². The molecule has 0 unspecified atom stereocenters. The SMILES string of the molecule is CC(C)C1CCN(c2cc(Br)ccc2C(=N)N)CC1. The third-order valence-electron chi connectivity index (χ3n) is 4.07. The van der Waals surface area contributed by atoms with Crippen molar-refractivity contribution < 1.29 is 0 Å². The van der Waals surface area contributed by atoms with E-state index in [0.29, 0.717) is 0 Å². The van der Waals surface area contributed by atoms with Gasteiger partial charge in [-0.1, -0.05) is 29.8 Å². The summed E-state index contributed by atoms with van der Waals surface area (Å²) in [7, 11) is 0. The Hall–Kier alpha value is -1.03. The lowest BCUT2D eigenvalue weighted by Crippen LogP contribution is -2.36. The van der Waals surface area contributed by atoms with E-state index in [0.717, 1.165) is 40.6 Å². The van der Waals surface area contributed by atoms with Crippen molar-refractivity contribution in [3.63, 3.8) is 0 Å². The smallest absolute Gasteiger partial charge is 0.124 e. The Labute approximate surface area is 123 Å². The highest BCUT2D eigenvalue weighted by Gasteiger charge is 2.23. The fourth-order valence-electron chi connectivity index (χ4n) is 2.80. The van der Waals surface area contributed by atoms with E-state index in [1.54, 1.807) is 0 Å². The van der Waals surface area contributed by atoms with Gasteiger partial charge in [0.05, 0.1) is 0 Å². The molecule has 3 N–H and O–H groups in total. The maximum atomic E-state index is 7.71. The quantitative estimate of drug-likeness (QED) is 0.659. The molecule has 1 aliphatic rings. The molecule has 0 aromatic heterocycles. The predicted molar refractivity (Wildman–Crippen MR) is 84.9 cm³/mol. The zero-order chi connectivity index (χ0) is 14.0. The van der Waals surface area contributed by atoms with Gasteiger partial charge in [0, 0.05) is 28.8 Å². The van der Waals surface area contributed by atoms with Crippen molar-refractivity contribution in [1.29, 1.82) is 5.41 Å². The molecule has 0 spiro atoms. The Bertz CT molecular complexity index is 462. The molecule has 1 saturated heterocycles. The third-order valence-corrected chi connectivity index (χ3v) is 4.57. The molecule has 1 aliphatic heterocycles. The highest BCUT2D eigenvalue weighted by Crippen LogP contribution is 2.31. The van der Waals surface area contributed by atoms with Gasteiger partial charge in [-0.2, -0.15) is 0 Å². The lowest BCUT2D eigenvalue weighted by atomic mass is 9.86. The van der Waals surface area contributed by atoms with Crippen LogP contribution in [0.4, 0.5) is 5.69 Å². The second-order valence-corrected chi connectivity index (χ2v) is 6.56. The lowest BCUT2D eigenvalue weighted by molar-refractivity contribution is 0.311. The molecule has 4 heteroatoms. The summed E-state index contributed by atoms with van der Waals surface area (Å²) in [5, 5.41) is 7.71. The van der Waals surface area contributed by atoms with Crippen LogP contribution in [-0.4, -0.2) is 18.9 Å². The van der Waals surface area contributed by atoms with Crippen molar-refractivity contribution in [3.05, 3.63) is 28.2 Å². The van der Waals surface area contributed by atoms with Gasteiger partial charge in [-0.05, 0) is 42.9 Å². The number of hydrogen-bond acceptors (Lipinski definition) is 2. The van der Waals surface area contributed by atoms with Crippen LogP contribution in [-0.2, 0) is 0 Å². The van der Waals surface area contributed by atoms with Crippen molar-refractivity contribution in [1.82, 2.24) is 0 Å². The standard InChI is InChI=1S/C15H22BrN3/c1-10(2)11-5-7-19(8-6-11)14-9-12(16)3-4-13(14)15(17)18/h3-4,9-11H,5-8H2,1-2H3,(H3,17,18). The van der Waals surface area contributed by atoms with E-state index in [2.05, 4.69) is 40.7 Å². The largest absolute Gasteiger partial charge is 0.384 e. The van der Waals surface area contributed by atoms with Gasteiger partial charge < -0.3 is 10.6 Å². The number of amidine groups is 1. The maximum Gasteiger partial charge on any atom is 0.124 e. The maximum absolute atomic E-state index is 7.71. The number of piperidine rings is 1. The molecule has 1 aromatic carbocycles. The Morgan fingerprint density at radius 2 is 2.00 bits per heavy atom. The number of nitrogens with one attached hydrogen (secondary N) is 1. The summed E-state index contributed by atoms with van der Waals surface area (Å²) in [6.07, 6.45) is 2.45. The van der Waals surface area contributed by atoms with Crippen molar-refractivity contribution in [2.24, 2.45) is 17.6 Å². The first-order chi connectivity index (χ1) is 8.99. The van der Waals surface area contributed by atoms with Gasteiger partial charge in [-0.25, -0.2) is 0 Å². The molecule has 0 saturated carbocycles. The summed E-state index contributed by atoms with van der Waals surface area (Å²) >= 11 is 3.51. The van der Waals surface area contributed by atoms with Gasteiger partial charge >= 0.3 is 0 Å². The fraction of sp³-hybridized carbons (Fsp3) is 0.533. The summed E-state index contributed by atoms with van der Waals surface area (Å²) < 4.78 is 1.04. The van der Waals surface area contributed by atoms with E-state index in [1.807, 2.05) is 12.1 Å². The number of halogens is 1. The van der Waals surface area contributed by atoms with Crippen LogP contribution in [0.1, 0.15) is 32.3 Å². The molecule has 0 amide bonds. The van der Waals surface area contributed by atoms with E-state index in [9.17, 15) is 0 Å². The van der Waals surface area contributed by atoms with Crippen LogP contribution in [0, 0.1) is 17.2 Å². The first-order valence-electron chi connectivity index (χ1n) is 6.88. The average Bonchev–Trinajstić information content (AvgIpc) is 2.38. The Kier molecular flexibility index (Phi) is 4.50. The Morgan fingerprint density at radius 3 is 2.53 bits per heavy atom. The van der Waals surface area contributed by atoms with E-state index in [1.165, 1.54) is 12.8 Å². The van der Waals surface area contributed by atoms with Crippen molar-refractivity contribution in [2.45, 2.75) is 26.7 Å². The number of hydrogen-bond donors (Lipinski definition) is 2. The van der Waals surface area contributed by atoms with Gasteiger partial charge in [0.15, 0.2) is 0 Å². The summed E-state index contributed by atoms with van der Waals surface area (Å²) in [6, 6.07) is 5.95. The second kappa shape index (κ2) is 5.95. The first kappa shape index (κ1) is 14.4. The first-order valence-corrected chi connectivity index (χ1v) is 7.67. The van der Waals surface area contributed by atoms with E-state index < -0.39 is 0 Å². The molecule has 0 radical (unpaired) electrons. The summed E-state index contributed by atoms with van der Waals surface area (Å²) in [5.41, 5.74) is 7.61. The van der Waals surface area contributed by atoms with Crippen LogP contribution >= 0.6 is 15.9 Å². The predicted octanol–water partition coefficient (Wildman–Crippen LogP) is 3.61. The molecular formula is C15H22BrN3. The Morgan fingerprint density at radius 1 is 1.37 bits per heavy atom. The highest BCUT2D eigenvalue weighted by molar-refractivity contribution is 9.10. The number of anilines is 1. The monoisotopic (exact) mass is 323 g/mol. The molecule has 0 aliphatic carbocycles. The zero-order valence-electron chi connectivity index (χ0n) is 11.6. The number of nitrogen functional groups attached to an aromatic ring is 1. The zero-order valence-corrected chi connectivity index (χ0v) is 13.2. The molecule has 1 aromatic rings. The topological polar surface area (TPSA) is 53.1 Å². The molecule has 1 fully saturated rings. The minimum absolute atomic E-state index is 0.147. The molecule has 19 heavy (non-hydrogen) atoms. The second-order valence-electron chi connectivity index (χ2n) is 5.64. The number of nitrogens with two attached hydrogens (primary N) is 1. The molecule has 3 nitrogen and oxygen atoms in total. The molecule has 0 bridgehead atoms. The normalized spacial score (nSPS) is 16.9. The van der Waals surface area contributed by atoms with Crippen LogP contribution in [0.3, 0.4) is 0 Å². The van der Waals surface area contributed by atoms with E-state index >= 15 is 0 Å². The minimum Gasteiger partial charge on any atom is -0.384 e.